The third-order valence-electron chi connectivity index (χ3n) is 4.78. The minimum Gasteiger partial charge on any atom is -0.428 e. The van der Waals surface area contributed by atoms with E-state index in [0.717, 1.165) is 17.1 Å². The van der Waals surface area contributed by atoms with E-state index in [2.05, 4.69) is 20.8 Å². The fraction of sp³-hybridized carbons (Fsp3) is 1.00. The van der Waals surface area contributed by atoms with E-state index in [1.54, 1.807) is 0 Å². The van der Waals surface area contributed by atoms with Crippen LogP contribution < -0.4 is 0 Å². The first-order chi connectivity index (χ1) is 11.1. The molecule has 140 valence electrons. The van der Waals surface area contributed by atoms with Gasteiger partial charge >= 0.3 is 0 Å². The summed E-state index contributed by atoms with van der Waals surface area (Å²) in [6.07, 6.45) is 23.0. The van der Waals surface area contributed by atoms with Crippen molar-refractivity contribution in [3.8, 4) is 0 Å². The summed E-state index contributed by atoms with van der Waals surface area (Å²) in [6, 6.07) is 0. The van der Waals surface area contributed by atoms with E-state index in [1.165, 1.54) is 103 Å². The molecule has 0 rings (SSSR count). The van der Waals surface area contributed by atoms with E-state index >= 15 is 0 Å². The van der Waals surface area contributed by atoms with E-state index < -0.39 is 0 Å². The summed E-state index contributed by atoms with van der Waals surface area (Å²) in [5.41, 5.74) is 0.533. The van der Waals surface area contributed by atoms with Gasteiger partial charge in [0.15, 0.2) is 0 Å². The van der Waals surface area contributed by atoms with Crippen molar-refractivity contribution in [1.82, 2.24) is 0 Å². The highest BCUT2D eigenvalue weighted by Crippen LogP contribution is 2.22. The third-order valence-corrected chi connectivity index (χ3v) is 5.18. The molecule has 23 heavy (non-hydrogen) atoms. The van der Waals surface area contributed by atoms with E-state index in [1.807, 2.05) is 0 Å². The zero-order valence-corrected chi connectivity index (χ0v) is 18.9. The van der Waals surface area contributed by atoms with Gasteiger partial charge in [-0.3, -0.25) is 0 Å². The SMILES string of the molecule is CC(C)(C)CCCCCCCCCCCCCCCCCO[SiH3]. The van der Waals surface area contributed by atoms with Crippen LogP contribution >= 0.6 is 0 Å². The molecule has 0 aliphatic rings. The molecular weight excluding hydrogens is 296 g/mol. The van der Waals surface area contributed by atoms with Crippen molar-refractivity contribution >= 4 is 10.5 Å². The van der Waals surface area contributed by atoms with E-state index in [-0.39, 0.29) is 0 Å². The highest BCUT2D eigenvalue weighted by Gasteiger charge is 2.08. The second-order valence-corrected chi connectivity index (χ2v) is 9.18. The average molecular weight is 343 g/mol. The number of hydrogen-bond donors (Lipinski definition) is 0. The summed E-state index contributed by atoms with van der Waals surface area (Å²) in [5.74, 6) is 0. The van der Waals surface area contributed by atoms with Gasteiger partial charge in [0.25, 0.3) is 0 Å². The van der Waals surface area contributed by atoms with Gasteiger partial charge < -0.3 is 4.43 Å². The van der Waals surface area contributed by atoms with E-state index in [4.69, 9.17) is 4.43 Å². The molecule has 0 bridgehead atoms. The van der Waals surface area contributed by atoms with Gasteiger partial charge in [-0.25, -0.2) is 0 Å². The molecule has 0 saturated heterocycles. The van der Waals surface area contributed by atoms with Crippen molar-refractivity contribution in [2.24, 2.45) is 5.41 Å². The molecule has 0 aliphatic heterocycles. The second-order valence-electron chi connectivity index (χ2n) is 8.61. The quantitative estimate of drug-likeness (QED) is 0.214. The van der Waals surface area contributed by atoms with Crippen LogP contribution in [0.3, 0.4) is 0 Å². The molecule has 0 atom stereocenters. The molecule has 0 spiro atoms. The van der Waals surface area contributed by atoms with Gasteiger partial charge in [-0.15, -0.1) is 0 Å². The van der Waals surface area contributed by atoms with Crippen molar-refractivity contribution in [3.05, 3.63) is 0 Å². The predicted octanol–water partition coefficient (Wildman–Crippen LogP) is 6.57. The molecule has 0 N–H and O–H groups in total. The third kappa shape index (κ3) is 22.2. The second kappa shape index (κ2) is 17.0. The lowest BCUT2D eigenvalue weighted by Gasteiger charge is -2.17. The Morgan fingerprint density at radius 2 is 0.826 bits per heavy atom. The monoisotopic (exact) mass is 342 g/mol. The van der Waals surface area contributed by atoms with Crippen LogP contribution in [0.25, 0.3) is 0 Å². The molecule has 0 heterocycles. The van der Waals surface area contributed by atoms with Crippen LogP contribution in [0.1, 0.15) is 124 Å². The standard InChI is InChI=1S/C21H46OSi/c1-21(2,3)19-17-15-13-11-9-7-5-4-6-8-10-12-14-16-18-20-22-23/h4-20H2,1-3,23H3. The Labute approximate surface area is 150 Å². The molecule has 0 amide bonds. The van der Waals surface area contributed by atoms with Gasteiger partial charge in [0.1, 0.15) is 10.5 Å². The van der Waals surface area contributed by atoms with Crippen molar-refractivity contribution in [2.45, 2.75) is 124 Å². The molecular formula is C21H46OSi. The van der Waals surface area contributed by atoms with Gasteiger partial charge in [0, 0.05) is 6.61 Å². The highest BCUT2D eigenvalue weighted by atomic mass is 28.2. The summed E-state index contributed by atoms with van der Waals surface area (Å²) < 4.78 is 5.21. The first-order valence-electron chi connectivity index (χ1n) is 10.6. The summed E-state index contributed by atoms with van der Waals surface area (Å²) in [4.78, 5) is 0. The minimum absolute atomic E-state index is 0.533. The lowest BCUT2D eigenvalue weighted by Crippen LogP contribution is -2.03. The largest absolute Gasteiger partial charge is 0.428 e. The van der Waals surface area contributed by atoms with Crippen LogP contribution in [0.5, 0.6) is 0 Å². The van der Waals surface area contributed by atoms with Gasteiger partial charge in [0.05, 0.1) is 0 Å². The van der Waals surface area contributed by atoms with Gasteiger partial charge in [-0.2, -0.15) is 0 Å². The van der Waals surface area contributed by atoms with Gasteiger partial charge in [0.2, 0.25) is 0 Å². The Morgan fingerprint density at radius 1 is 0.522 bits per heavy atom. The minimum atomic E-state index is 0.533. The lowest BCUT2D eigenvalue weighted by molar-refractivity contribution is 0.332. The Morgan fingerprint density at radius 3 is 1.13 bits per heavy atom. The van der Waals surface area contributed by atoms with Crippen molar-refractivity contribution < 1.29 is 4.43 Å². The molecule has 0 aromatic heterocycles. The highest BCUT2D eigenvalue weighted by molar-refractivity contribution is 5.97. The Balaban J connectivity index is 3.00. The Bertz CT molecular complexity index is 222. The number of rotatable bonds is 17. The van der Waals surface area contributed by atoms with Crippen LogP contribution in [0.4, 0.5) is 0 Å². The molecule has 0 aliphatic carbocycles. The van der Waals surface area contributed by atoms with Crippen LogP contribution in [0.2, 0.25) is 0 Å². The maximum absolute atomic E-state index is 5.21. The summed E-state index contributed by atoms with van der Waals surface area (Å²) >= 11 is 0. The normalized spacial score (nSPS) is 12.1. The topological polar surface area (TPSA) is 9.23 Å². The molecule has 0 fully saturated rings. The summed E-state index contributed by atoms with van der Waals surface area (Å²) in [6.45, 7) is 8.07. The molecule has 0 aromatic rings. The number of hydrogen-bond acceptors (Lipinski definition) is 1. The van der Waals surface area contributed by atoms with E-state index in [0.29, 0.717) is 5.41 Å². The van der Waals surface area contributed by atoms with Gasteiger partial charge in [-0.1, -0.05) is 111 Å². The predicted molar refractivity (Wildman–Crippen MR) is 109 cm³/mol. The Hall–Kier alpha value is 0.177. The van der Waals surface area contributed by atoms with E-state index in [9.17, 15) is 0 Å². The smallest absolute Gasteiger partial charge is 0.145 e. The average Bonchev–Trinajstić information content (AvgIpc) is 2.49. The van der Waals surface area contributed by atoms with Crippen molar-refractivity contribution in [1.29, 1.82) is 0 Å². The summed E-state index contributed by atoms with van der Waals surface area (Å²) in [7, 11) is 0.908. The maximum atomic E-state index is 5.21. The van der Waals surface area contributed by atoms with Crippen LogP contribution in [0.15, 0.2) is 0 Å². The molecule has 0 aromatic carbocycles. The molecule has 2 heteroatoms. The first-order valence-corrected chi connectivity index (χ1v) is 11.4. The van der Waals surface area contributed by atoms with Crippen LogP contribution in [0, 0.1) is 5.41 Å². The van der Waals surface area contributed by atoms with Crippen molar-refractivity contribution in [2.75, 3.05) is 6.61 Å². The molecule has 0 radical (unpaired) electrons. The van der Waals surface area contributed by atoms with Gasteiger partial charge in [-0.05, 0) is 18.3 Å². The molecule has 0 saturated carbocycles. The summed E-state index contributed by atoms with van der Waals surface area (Å²) in [5, 5.41) is 0. The first kappa shape index (κ1) is 23.2. The zero-order chi connectivity index (χ0) is 17.2. The fourth-order valence-corrected chi connectivity index (χ4v) is 3.49. The number of unbranched alkanes of at least 4 members (excludes halogenated alkanes) is 14. The Kier molecular flexibility index (Phi) is 17.1. The molecule has 1 nitrogen and oxygen atoms in total. The van der Waals surface area contributed by atoms with Crippen LogP contribution in [-0.4, -0.2) is 17.1 Å². The molecule has 0 unspecified atom stereocenters. The zero-order valence-electron chi connectivity index (χ0n) is 16.9. The fourth-order valence-electron chi connectivity index (χ4n) is 3.20. The van der Waals surface area contributed by atoms with Crippen molar-refractivity contribution in [3.63, 3.8) is 0 Å². The maximum Gasteiger partial charge on any atom is 0.145 e. The lowest BCUT2D eigenvalue weighted by atomic mass is 9.89. The van der Waals surface area contributed by atoms with Crippen LogP contribution in [-0.2, 0) is 4.43 Å².